The highest BCUT2D eigenvalue weighted by Gasteiger charge is 2.23. The molecule has 0 radical (unpaired) electrons. The zero-order chi connectivity index (χ0) is 14.5. The minimum atomic E-state index is -0.959. The van der Waals surface area contributed by atoms with E-state index in [-0.39, 0.29) is 5.82 Å². The maximum absolute atomic E-state index is 12.9. The summed E-state index contributed by atoms with van der Waals surface area (Å²) in [5.41, 5.74) is 0.822. The van der Waals surface area contributed by atoms with Crippen molar-refractivity contribution in [3.05, 3.63) is 41.5 Å². The molecule has 2 rings (SSSR count). The first-order valence-electron chi connectivity index (χ1n) is 6.35. The summed E-state index contributed by atoms with van der Waals surface area (Å²) in [5, 5.41) is 20.4. The molecule has 20 heavy (non-hydrogen) atoms. The molecule has 7 heteroatoms. The van der Waals surface area contributed by atoms with Crippen LogP contribution in [0.1, 0.15) is 37.2 Å². The van der Waals surface area contributed by atoms with Gasteiger partial charge in [-0.25, -0.2) is 13.9 Å². The van der Waals surface area contributed by atoms with Gasteiger partial charge in [-0.3, -0.25) is 0 Å². The van der Waals surface area contributed by atoms with Crippen LogP contribution in [0.5, 0.6) is 0 Å². The Balaban J connectivity index is 2.23. The summed E-state index contributed by atoms with van der Waals surface area (Å²) in [6.45, 7) is 1.90. The number of carboxylic acid groups (broad SMARTS) is 1. The molecule has 1 aromatic carbocycles. The summed E-state index contributed by atoms with van der Waals surface area (Å²) in [7, 11) is 0. The lowest BCUT2D eigenvalue weighted by atomic mass is 10.1. The number of rotatable bonds is 6. The van der Waals surface area contributed by atoms with Crippen molar-refractivity contribution in [3.63, 3.8) is 0 Å². The van der Waals surface area contributed by atoms with Crippen molar-refractivity contribution in [2.45, 2.75) is 32.2 Å². The molecular weight excluding hydrogens is 263 g/mol. The van der Waals surface area contributed by atoms with Crippen LogP contribution in [0.3, 0.4) is 0 Å². The summed E-state index contributed by atoms with van der Waals surface area (Å²) < 4.78 is 14.2. The molecule has 0 bridgehead atoms. The van der Waals surface area contributed by atoms with E-state index in [1.54, 1.807) is 12.1 Å². The van der Waals surface area contributed by atoms with Crippen molar-refractivity contribution < 1.29 is 14.3 Å². The molecule has 0 saturated carbocycles. The number of benzene rings is 1. The van der Waals surface area contributed by atoms with Gasteiger partial charge >= 0.3 is 5.97 Å². The van der Waals surface area contributed by atoms with Crippen molar-refractivity contribution in [3.8, 4) is 0 Å². The summed E-state index contributed by atoms with van der Waals surface area (Å²) in [6, 6.07) is 5.19. The number of hydrogen-bond acceptors (Lipinski definition) is 4. The molecule has 6 nitrogen and oxygen atoms in total. The SMILES string of the molecule is CCCC(C(=O)O)n1nnnc1Cc1ccc(F)cc1. The fourth-order valence-electron chi connectivity index (χ4n) is 1.98. The van der Waals surface area contributed by atoms with Crippen LogP contribution in [-0.4, -0.2) is 31.3 Å². The van der Waals surface area contributed by atoms with E-state index in [0.29, 0.717) is 25.1 Å². The lowest BCUT2D eigenvalue weighted by molar-refractivity contribution is -0.141. The zero-order valence-electron chi connectivity index (χ0n) is 11.0. The van der Waals surface area contributed by atoms with Crippen LogP contribution in [-0.2, 0) is 11.2 Å². The zero-order valence-corrected chi connectivity index (χ0v) is 11.0. The number of carboxylic acids is 1. The smallest absolute Gasteiger partial charge is 0.328 e. The molecule has 0 aliphatic heterocycles. The van der Waals surface area contributed by atoms with Gasteiger partial charge in [0.2, 0.25) is 0 Å². The van der Waals surface area contributed by atoms with Gasteiger partial charge < -0.3 is 5.11 Å². The molecule has 0 aliphatic carbocycles. The third-order valence-electron chi connectivity index (χ3n) is 2.98. The molecule has 0 fully saturated rings. The predicted octanol–water partition coefficient (Wildman–Crippen LogP) is 1.83. The van der Waals surface area contributed by atoms with Crippen molar-refractivity contribution in [2.24, 2.45) is 0 Å². The quantitative estimate of drug-likeness (QED) is 0.871. The van der Waals surface area contributed by atoms with Crippen molar-refractivity contribution >= 4 is 5.97 Å². The van der Waals surface area contributed by atoms with E-state index >= 15 is 0 Å². The summed E-state index contributed by atoms with van der Waals surface area (Å²) in [6.07, 6.45) is 1.53. The first kappa shape index (κ1) is 14.1. The fourth-order valence-corrected chi connectivity index (χ4v) is 1.98. The van der Waals surface area contributed by atoms with Gasteiger partial charge in [0.15, 0.2) is 11.9 Å². The van der Waals surface area contributed by atoms with Crippen LogP contribution in [0, 0.1) is 5.82 Å². The topological polar surface area (TPSA) is 80.9 Å². The molecule has 2 aromatic rings. The molecular formula is C13H15FN4O2. The van der Waals surface area contributed by atoms with Crippen LogP contribution in [0.25, 0.3) is 0 Å². The third-order valence-corrected chi connectivity index (χ3v) is 2.98. The largest absolute Gasteiger partial charge is 0.480 e. The van der Waals surface area contributed by atoms with E-state index in [2.05, 4.69) is 15.5 Å². The normalized spacial score (nSPS) is 12.3. The number of nitrogens with zero attached hydrogens (tertiary/aromatic N) is 4. The van der Waals surface area contributed by atoms with E-state index in [1.807, 2.05) is 6.92 Å². The minimum Gasteiger partial charge on any atom is -0.480 e. The number of hydrogen-bond donors (Lipinski definition) is 1. The Bertz CT molecular complexity index is 582. The first-order chi connectivity index (χ1) is 9.61. The fraction of sp³-hybridized carbons (Fsp3) is 0.385. The second-order valence-corrected chi connectivity index (χ2v) is 4.49. The van der Waals surface area contributed by atoms with Crippen LogP contribution >= 0.6 is 0 Å². The molecule has 0 spiro atoms. The van der Waals surface area contributed by atoms with Gasteiger partial charge in [-0.05, 0) is 34.5 Å². The van der Waals surface area contributed by atoms with E-state index < -0.39 is 12.0 Å². The highest BCUT2D eigenvalue weighted by atomic mass is 19.1. The van der Waals surface area contributed by atoms with Gasteiger partial charge in [0.05, 0.1) is 0 Å². The minimum absolute atomic E-state index is 0.317. The Hall–Kier alpha value is -2.31. The molecule has 0 amide bonds. The average molecular weight is 278 g/mol. The standard InChI is InChI=1S/C13H15FN4O2/c1-2-3-11(13(19)20)18-12(15-16-17-18)8-9-4-6-10(14)7-5-9/h4-7,11H,2-3,8H2,1H3,(H,19,20). The monoisotopic (exact) mass is 278 g/mol. The second-order valence-electron chi connectivity index (χ2n) is 4.49. The van der Waals surface area contributed by atoms with E-state index in [9.17, 15) is 14.3 Å². The maximum Gasteiger partial charge on any atom is 0.328 e. The molecule has 1 aromatic heterocycles. The number of halogens is 1. The van der Waals surface area contributed by atoms with Crippen LogP contribution in [0.2, 0.25) is 0 Å². The van der Waals surface area contributed by atoms with Crippen LogP contribution in [0.15, 0.2) is 24.3 Å². The predicted molar refractivity (Wildman–Crippen MR) is 68.6 cm³/mol. The second kappa shape index (κ2) is 6.23. The Morgan fingerprint density at radius 1 is 1.40 bits per heavy atom. The summed E-state index contributed by atoms with van der Waals surface area (Å²) in [4.78, 5) is 11.3. The number of carbonyl (C=O) groups is 1. The molecule has 0 saturated heterocycles. The van der Waals surface area contributed by atoms with E-state index in [1.165, 1.54) is 16.8 Å². The molecule has 1 heterocycles. The lowest BCUT2D eigenvalue weighted by Gasteiger charge is -2.12. The van der Waals surface area contributed by atoms with Gasteiger partial charge in [-0.15, -0.1) is 5.10 Å². The summed E-state index contributed by atoms with van der Waals surface area (Å²) in [5.74, 6) is -0.820. The Kier molecular flexibility index (Phi) is 4.39. The molecule has 1 N–H and O–H groups in total. The first-order valence-corrected chi connectivity index (χ1v) is 6.35. The van der Waals surface area contributed by atoms with Crippen molar-refractivity contribution in [2.75, 3.05) is 0 Å². The van der Waals surface area contributed by atoms with E-state index in [0.717, 1.165) is 5.56 Å². The van der Waals surface area contributed by atoms with Gasteiger partial charge in [-0.2, -0.15) is 0 Å². The highest BCUT2D eigenvalue weighted by molar-refractivity contribution is 5.71. The van der Waals surface area contributed by atoms with Gasteiger partial charge in [-0.1, -0.05) is 25.5 Å². The molecule has 1 atom stereocenters. The van der Waals surface area contributed by atoms with Crippen LogP contribution in [0.4, 0.5) is 4.39 Å². The molecule has 1 unspecified atom stereocenters. The lowest BCUT2D eigenvalue weighted by Crippen LogP contribution is -2.22. The van der Waals surface area contributed by atoms with Crippen molar-refractivity contribution in [1.82, 2.24) is 20.2 Å². The van der Waals surface area contributed by atoms with Crippen LogP contribution < -0.4 is 0 Å². The number of aromatic nitrogens is 4. The van der Waals surface area contributed by atoms with Gasteiger partial charge in [0.25, 0.3) is 0 Å². The number of aliphatic carboxylic acids is 1. The van der Waals surface area contributed by atoms with Gasteiger partial charge in [0, 0.05) is 6.42 Å². The molecule has 0 aliphatic rings. The third kappa shape index (κ3) is 3.17. The van der Waals surface area contributed by atoms with E-state index in [4.69, 9.17) is 0 Å². The maximum atomic E-state index is 12.9. The Morgan fingerprint density at radius 2 is 2.10 bits per heavy atom. The highest BCUT2D eigenvalue weighted by Crippen LogP contribution is 2.16. The summed E-state index contributed by atoms with van der Waals surface area (Å²) >= 11 is 0. The molecule has 106 valence electrons. The van der Waals surface area contributed by atoms with Gasteiger partial charge in [0.1, 0.15) is 5.82 Å². The van der Waals surface area contributed by atoms with Crippen molar-refractivity contribution in [1.29, 1.82) is 0 Å². The Labute approximate surface area is 115 Å². The number of tetrazole rings is 1. The Morgan fingerprint density at radius 3 is 2.70 bits per heavy atom. The average Bonchev–Trinajstić information content (AvgIpc) is 2.86.